The molecule has 0 fully saturated rings. The Morgan fingerprint density at radius 2 is 2.08 bits per heavy atom. The Balaban J connectivity index is 2.24. The van der Waals surface area contributed by atoms with Crippen LogP contribution in [0.2, 0.25) is 0 Å². The normalized spacial score (nSPS) is 12.2. The van der Waals surface area contributed by atoms with Crippen molar-refractivity contribution in [3.63, 3.8) is 0 Å². The van der Waals surface area contributed by atoms with Crippen molar-refractivity contribution in [1.82, 2.24) is 9.78 Å². The highest BCUT2D eigenvalue weighted by Crippen LogP contribution is 2.28. The number of alkyl halides is 2. The van der Waals surface area contributed by atoms with Crippen LogP contribution in [0.4, 0.5) is 14.5 Å². The molecule has 0 unspecified atom stereocenters. The van der Waals surface area contributed by atoms with Crippen LogP contribution in [0, 0.1) is 17.0 Å². The molecular formula is C15H15F2N3O4. The van der Waals surface area contributed by atoms with E-state index in [4.69, 9.17) is 4.74 Å². The summed E-state index contributed by atoms with van der Waals surface area (Å²) in [6.45, 7) is 3.09. The third kappa shape index (κ3) is 3.39. The lowest BCUT2D eigenvalue weighted by atomic mass is 10.1. The fraction of sp³-hybridized carbons (Fsp3) is 0.333. The molecule has 0 saturated carbocycles. The van der Waals surface area contributed by atoms with Gasteiger partial charge >= 0.3 is 5.97 Å². The van der Waals surface area contributed by atoms with E-state index in [0.29, 0.717) is 11.1 Å². The van der Waals surface area contributed by atoms with E-state index in [1.807, 2.05) is 0 Å². The number of aryl methyl sites for hydroxylation is 2. The van der Waals surface area contributed by atoms with Gasteiger partial charge in [-0.15, -0.1) is 0 Å². The van der Waals surface area contributed by atoms with Gasteiger partial charge in [-0.1, -0.05) is 12.1 Å². The SMILES string of the molecule is Cc1ccc([C@@H](C)OC(=O)c2cnn(C)c2C(F)F)cc1[N+](=O)[O-]. The van der Waals surface area contributed by atoms with Gasteiger partial charge < -0.3 is 4.74 Å². The van der Waals surface area contributed by atoms with E-state index in [0.717, 1.165) is 10.9 Å². The largest absolute Gasteiger partial charge is 0.454 e. The molecule has 0 amide bonds. The minimum Gasteiger partial charge on any atom is -0.454 e. The Labute approximate surface area is 136 Å². The summed E-state index contributed by atoms with van der Waals surface area (Å²) in [5.74, 6) is -0.964. The maximum atomic E-state index is 13.0. The van der Waals surface area contributed by atoms with Crippen molar-refractivity contribution in [3.05, 3.63) is 56.9 Å². The number of esters is 1. The molecule has 0 aliphatic carbocycles. The van der Waals surface area contributed by atoms with Crippen LogP contribution in [0.1, 0.15) is 46.6 Å². The Morgan fingerprint density at radius 1 is 1.42 bits per heavy atom. The smallest absolute Gasteiger partial charge is 0.342 e. The lowest BCUT2D eigenvalue weighted by molar-refractivity contribution is -0.385. The molecule has 0 radical (unpaired) electrons. The highest BCUT2D eigenvalue weighted by atomic mass is 19.3. The highest BCUT2D eigenvalue weighted by molar-refractivity contribution is 5.90. The molecule has 0 saturated heterocycles. The fourth-order valence-electron chi connectivity index (χ4n) is 2.23. The first-order valence-electron chi connectivity index (χ1n) is 6.98. The number of nitrogens with zero attached hydrogens (tertiary/aromatic N) is 3. The Hall–Kier alpha value is -2.84. The van der Waals surface area contributed by atoms with Gasteiger partial charge in [0, 0.05) is 18.7 Å². The number of hydrogen-bond donors (Lipinski definition) is 0. The lowest BCUT2D eigenvalue weighted by Gasteiger charge is -2.14. The minimum absolute atomic E-state index is 0.106. The third-order valence-electron chi connectivity index (χ3n) is 3.59. The molecule has 24 heavy (non-hydrogen) atoms. The van der Waals surface area contributed by atoms with Crippen molar-refractivity contribution in [2.75, 3.05) is 0 Å². The van der Waals surface area contributed by atoms with E-state index in [1.165, 1.54) is 26.1 Å². The number of ether oxygens (including phenoxy) is 1. The first-order valence-corrected chi connectivity index (χ1v) is 6.98. The Bertz CT molecular complexity index is 789. The molecule has 0 spiro atoms. The van der Waals surface area contributed by atoms with Gasteiger partial charge in [-0.3, -0.25) is 14.8 Å². The maximum Gasteiger partial charge on any atom is 0.342 e. The van der Waals surface area contributed by atoms with Crippen LogP contribution in [-0.2, 0) is 11.8 Å². The second-order valence-corrected chi connectivity index (χ2v) is 5.22. The summed E-state index contributed by atoms with van der Waals surface area (Å²) in [6.07, 6.45) is -2.72. The highest BCUT2D eigenvalue weighted by Gasteiger charge is 2.26. The van der Waals surface area contributed by atoms with Crippen molar-refractivity contribution < 1.29 is 23.2 Å². The molecule has 2 rings (SSSR count). The van der Waals surface area contributed by atoms with E-state index in [9.17, 15) is 23.7 Å². The molecule has 0 aliphatic heterocycles. The van der Waals surface area contributed by atoms with Crippen LogP contribution < -0.4 is 0 Å². The molecule has 7 nitrogen and oxygen atoms in total. The second-order valence-electron chi connectivity index (χ2n) is 5.22. The van der Waals surface area contributed by atoms with Crippen LogP contribution in [-0.4, -0.2) is 20.7 Å². The van der Waals surface area contributed by atoms with Crippen LogP contribution in [0.5, 0.6) is 0 Å². The average molecular weight is 339 g/mol. The van der Waals surface area contributed by atoms with Gasteiger partial charge in [-0.05, 0) is 19.4 Å². The van der Waals surface area contributed by atoms with Crippen LogP contribution in [0.3, 0.4) is 0 Å². The number of carbonyl (C=O) groups is 1. The van der Waals surface area contributed by atoms with Gasteiger partial charge in [0.15, 0.2) is 0 Å². The molecule has 1 heterocycles. The van der Waals surface area contributed by atoms with Gasteiger partial charge in [-0.2, -0.15) is 5.10 Å². The summed E-state index contributed by atoms with van der Waals surface area (Å²) in [6, 6.07) is 4.41. The second kappa shape index (κ2) is 6.73. The number of aromatic nitrogens is 2. The lowest BCUT2D eigenvalue weighted by Crippen LogP contribution is -2.12. The summed E-state index contributed by atoms with van der Waals surface area (Å²) in [7, 11) is 1.30. The van der Waals surface area contributed by atoms with E-state index in [-0.39, 0.29) is 11.3 Å². The third-order valence-corrected chi connectivity index (χ3v) is 3.59. The van der Waals surface area contributed by atoms with Crippen molar-refractivity contribution in [2.45, 2.75) is 26.4 Å². The van der Waals surface area contributed by atoms with Crippen molar-refractivity contribution in [3.8, 4) is 0 Å². The zero-order valence-electron chi connectivity index (χ0n) is 13.2. The predicted molar refractivity (Wildman–Crippen MR) is 79.8 cm³/mol. The number of benzene rings is 1. The molecule has 0 aliphatic rings. The summed E-state index contributed by atoms with van der Waals surface area (Å²) in [5.41, 5.74) is -0.120. The van der Waals surface area contributed by atoms with Crippen molar-refractivity contribution in [2.24, 2.45) is 7.05 Å². The zero-order chi connectivity index (χ0) is 18.0. The standard InChI is InChI=1S/C15H15F2N3O4/c1-8-4-5-10(6-12(8)20(22)23)9(2)24-15(21)11-7-18-19(3)13(11)14(16)17/h4-7,9,14H,1-3H3/t9-/m1/s1. The van der Waals surface area contributed by atoms with Crippen LogP contribution in [0.15, 0.2) is 24.4 Å². The van der Waals surface area contributed by atoms with Gasteiger partial charge in [0.25, 0.3) is 12.1 Å². The summed E-state index contributed by atoms with van der Waals surface area (Å²) >= 11 is 0. The number of hydrogen-bond acceptors (Lipinski definition) is 5. The van der Waals surface area contributed by atoms with Gasteiger partial charge in [0.2, 0.25) is 0 Å². The molecular weight excluding hydrogens is 324 g/mol. The molecule has 128 valence electrons. The maximum absolute atomic E-state index is 13.0. The fourth-order valence-corrected chi connectivity index (χ4v) is 2.23. The summed E-state index contributed by atoms with van der Waals surface area (Å²) in [5, 5.41) is 14.6. The molecule has 0 N–H and O–H groups in total. The van der Waals surface area contributed by atoms with E-state index >= 15 is 0 Å². The van der Waals surface area contributed by atoms with Crippen LogP contribution in [0.25, 0.3) is 0 Å². The summed E-state index contributed by atoms with van der Waals surface area (Å²) in [4.78, 5) is 22.5. The number of rotatable bonds is 5. The molecule has 0 bridgehead atoms. The van der Waals surface area contributed by atoms with E-state index in [1.54, 1.807) is 13.0 Å². The quantitative estimate of drug-likeness (QED) is 0.473. The van der Waals surface area contributed by atoms with E-state index < -0.39 is 29.1 Å². The number of nitro benzene ring substituents is 1. The van der Waals surface area contributed by atoms with Gasteiger partial charge in [0.05, 0.1) is 11.1 Å². The molecule has 1 atom stereocenters. The topological polar surface area (TPSA) is 87.3 Å². The summed E-state index contributed by atoms with van der Waals surface area (Å²) < 4.78 is 32.0. The van der Waals surface area contributed by atoms with Crippen molar-refractivity contribution in [1.29, 1.82) is 0 Å². The Morgan fingerprint density at radius 3 is 2.67 bits per heavy atom. The molecule has 1 aromatic heterocycles. The average Bonchev–Trinajstić information content (AvgIpc) is 2.89. The first-order chi connectivity index (χ1) is 11.2. The van der Waals surface area contributed by atoms with E-state index in [2.05, 4.69) is 5.10 Å². The zero-order valence-corrected chi connectivity index (χ0v) is 13.2. The number of halogens is 2. The van der Waals surface area contributed by atoms with Crippen LogP contribution >= 0.6 is 0 Å². The monoisotopic (exact) mass is 339 g/mol. The minimum atomic E-state index is -2.88. The molecule has 1 aromatic carbocycles. The number of carbonyl (C=O) groups excluding carboxylic acids is 1. The predicted octanol–water partition coefficient (Wildman–Crippen LogP) is 3.49. The van der Waals surface area contributed by atoms with Gasteiger partial charge in [-0.25, -0.2) is 13.6 Å². The molecule has 9 heteroatoms. The Kier molecular flexibility index (Phi) is 4.91. The van der Waals surface area contributed by atoms with Crippen molar-refractivity contribution >= 4 is 11.7 Å². The molecule has 2 aromatic rings. The first kappa shape index (κ1) is 17.5. The number of nitro groups is 1. The van der Waals surface area contributed by atoms with Gasteiger partial charge in [0.1, 0.15) is 17.4 Å².